The van der Waals surface area contributed by atoms with E-state index < -0.39 is 62.8 Å². The minimum Gasteiger partial charge on any atom is -0.465 e. The number of ketones is 2. The molecule has 3 unspecified atom stereocenters. The second-order valence-corrected chi connectivity index (χ2v) is 11.3. The van der Waals surface area contributed by atoms with Crippen molar-refractivity contribution >= 4 is 37.9 Å². The van der Waals surface area contributed by atoms with Gasteiger partial charge in [0.1, 0.15) is 12.2 Å². The molecule has 2 aromatic carbocycles. The monoisotopic (exact) mass is 525 g/mol. The minimum atomic E-state index is -4.32. The molecule has 3 atom stereocenters. The standard InChI is InChI=1S/C21H19NO11S2/c1-34(28,29)32-19-13-9(8-23)7-12-14(18(25)11-6-4-3-5-10(11)17(12)24)15(13)16(22-21(26)27)20(19)33-35(2,30)31/h3-7,16,19-20,22-23H,8H2,1-2H3,(H,26,27). The van der Waals surface area contributed by atoms with Crippen LogP contribution in [0, 0.1) is 0 Å². The van der Waals surface area contributed by atoms with Crippen LogP contribution in [0.25, 0.3) is 0 Å². The van der Waals surface area contributed by atoms with E-state index in [1.165, 1.54) is 24.3 Å². The molecule has 1 amide bonds. The zero-order valence-electron chi connectivity index (χ0n) is 18.2. The molecule has 2 aliphatic carbocycles. The third kappa shape index (κ3) is 4.46. The molecule has 0 spiro atoms. The molecule has 0 heterocycles. The Kier molecular flexibility index (Phi) is 6.05. The van der Waals surface area contributed by atoms with Crippen molar-refractivity contribution in [1.82, 2.24) is 5.32 Å². The summed E-state index contributed by atoms with van der Waals surface area (Å²) in [5, 5.41) is 21.6. The van der Waals surface area contributed by atoms with Gasteiger partial charge < -0.3 is 15.5 Å². The Morgan fingerprint density at radius 1 is 0.943 bits per heavy atom. The van der Waals surface area contributed by atoms with Gasteiger partial charge in [-0.2, -0.15) is 16.8 Å². The molecule has 186 valence electrons. The van der Waals surface area contributed by atoms with Crippen molar-refractivity contribution in [2.45, 2.75) is 24.9 Å². The Morgan fingerprint density at radius 3 is 2.03 bits per heavy atom. The van der Waals surface area contributed by atoms with Crippen molar-refractivity contribution < 1.29 is 49.8 Å². The molecule has 0 bridgehead atoms. The van der Waals surface area contributed by atoms with Gasteiger partial charge in [0.15, 0.2) is 11.6 Å². The normalized spacial score (nSPS) is 21.3. The maximum atomic E-state index is 13.5. The van der Waals surface area contributed by atoms with E-state index in [9.17, 15) is 41.4 Å². The molecule has 2 aliphatic rings. The van der Waals surface area contributed by atoms with E-state index in [1.54, 1.807) is 6.07 Å². The Morgan fingerprint density at radius 2 is 1.51 bits per heavy atom. The van der Waals surface area contributed by atoms with Crippen LogP contribution in [-0.4, -0.2) is 63.3 Å². The first kappa shape index (κ1) is 24.9. The van der Waals surface area contributed by atoms with Crippen molar-refractivity contribution in [3.05, 3.63) is 69.3 Å². The van der Waals surface area contributed by atoms with Gasteiger partial charge in [-0.1, -0.05) is 24.3 Å². The Bertz CT molecular complexity index is 1500. The molecule has 0 aromatic heterocycles. The van der Waals surface area contributed by atoms with Gasteiger partial charge in [-0.25, -0.2) is 4.79 Å². The quantitative estimate of drug-likeness (QED) is 0.383. The van der Waals surface area contributed by atoms with Gasteiger partial charge >= 0.3 is 6.09 Å². The van der Waals surface area contributed by atoms with Crippen LogP contribution in [0.5, 0.6) is 0 Å². The molecule has 2 aromatic rings. The van der Waals surface area contributed by atoms with E-state index >= 15 is 0 Å². The van der Waals surface area contributed by atoms with E-state index in [-0.39, 0.29) is 38.9 Å². The number of benzene rings is 2. The fraction of sp³-hybridized carbons (Fsp3) is 0.286. The summed E-state index contributed by atoms with van der Waals surface area (Å²) in [5.74, 6) is -1.26. The zero-order chi connectivity index (χ0) is 25.9. The Hall–Kier alpha value is -3.17. The van der Waals surface area contributed by atoms with Crippen LogP contribution in [0.2, 0.25) is 0 Å². The highest BCUT2D eigenvalue weighted by Gasteiger charge is 2.51. The Balaban J connectivity index is 2.09. The lowest BCUT2D eigenvalue weighted by Gasteiger charge is -2.25. The second kappa shape index (κ2) is 8.49. The van der Waals surface area contributed by atoms with Crippen LogP contribution < -0.4 is 5.32 Å². The summed E-state index contributed by atoms with van der Waals surface area (Å²) >= 11 is 0. The number of carbonyl (C=O) groups is 3. The van der Waals surface area contributed by atoms with Crippen LogP contribution in [0.1, 0.15) is 60.7 Å². The molecule has 0 saturated carbocycles. The van der Waals surface area contributed by atoms with Crippen molar-refractivity contribution in [3.8, 4) is 0 Å². The van der Waals surface area contributed by atoms with Crippen LogP contribution in [0.3, 0.4) is 0 Å². The number of nitrogens with one attached hydrogen (secondary N) is 1. The first-order valence-corrected chi connectivity index (χ1v) is 13.6. The second-order valence-electron chi connectivity index (χ2n) is 8.06. The molecule has 3 N–H and O–H groups in total. The van der Waals surface area contributed by atoms with Gasteiger partial charge in [-0.3, -0.25) is 18.0 Å². The lowest BCUT2D eigenvalue weighted by atomic mass is 9.79. The highest BCUT2D eigenvalue weighted by atomic mass is 32.2. The molecule has 0 saturated heterocycles. The number of fused-ring (bicyclic) bond motifs is 4. The fourth-order valence-electron chi connectivity index (χ4n) is 4.54. The number of amides is 1. The number of hydrogen-bond acceptors (Lipinski definition) is 10. The molecule has 0 radical (unpaired) electrons. The maximum absolute atomic E-state index is 13.5. The molecule has 35 heavy (non-hydrogen) atoms. The van der Waals surface area contributed by atoms with Crippen molar-refractivity contribution in [3.63, 3.8) is 0 Å². The summed E-state index contributed by atoms with van der Waals surface area (Å²) in [6, 6.07) is 5.44. The van der Waals surface area contributed by atoms with Crippen LogP contribution in [0.4, 0.5) is 4.79 Å². The largest absolute Gasteiger partial charge is 0.465 e. The third-order valence-electron chi connectivity index (χ3n) is 5.62. The van der Waals surface area contributed by atoms with Crippen LogP contribution >= 0.6 is 0 Å². The number of aliphatic hydroxyl groups excluding tert-OH is 1. The summed E-state index contributed by atoms with van der Waals surface area (Å²) in [6.07, 6.45) is -3.88. The fourth-order valence-corrected chi connectivity index (χ4v) is 5.74. The molecule has 12 nitrogen and oxygen atoms in total. The van der Waals surface area contributed by atoms with E-state index in [4.69, 9.17) is 8.37 Å². The lowest BCUT2D eigenvalue weighted by molar-refractivity contribution is 0.0527. The highest BCUT2D eigenvalue weighted by Crippen LogP contribution is 2.50. The van der Waals surface area contributed by atoms with E-state index in [0.717, 1.165) is 0 Å². The summed E-state index contributed by atoms with van der Waals surface area (Å²) in [6.45, 7) is -0.770. The van der Waals surface area contributed by atoms with E-state index in [1.807, 2.05) is 0 Å². The van der Waals surface area contributed by atoms with Crippen molar-refractivity contribution in [2.24, 2.45) is 0 Å². The first-order chi connectivity index (χ1) is 16.2. The predicted octanol–water partition coefficient (Wildman–Crippen LogP) is 0.639. The number of aliphatic hydroxyl groups is 1. The predicted molar refractivity (Wildman–Crippen MR) is 118 cm³/mol. The third-order valence-corrected chi connectivity index (χ3v) is 6.75. The average molecular weight is 526 g/mol. The van der Waals surface area contributed by atoms with Crippen molar-refractivity contribution in [2.75, 3.05) is 12.5 Å². The molecule has 14 heteroatoms. The Labute approximate surface area is 199 Å². The lowest BCUT2D eigenvalue weighted by Crippen LogP contribution is -2.38. The molecule has 0 fully saturated rings. The number of hydrogen-bond donors (Lipinski definition) is 3. The summed E-state index contributed by atoms with van der Waals surface area (Å²) in [5.41, 5.74) is -0.750. The van der Waals surface area contributed by atoms with E-state index in [0.29, 0.717) is 12.5 Å². The minimum absolute atomic E-state index is 0.0195. The van der Waals surface area contributed by atoms with Gasteiger partial charge in [0.2, 0.25) is 0 Å². The molecule has 4 rings (SSSR count). The van der Waals surface area contributed by atoms with Crippen molar-refractivity contribution in [1.29, 1.82) is 0 Å². The average Bonchev–Trinajstić information content (AvgIpc) is 3.01. The SMILES string of the molecule is CS(=O)(=O)OC1c2c(CO)cc3c(c2C(NC(=O)O)C1OS(C)(=O)=O)C(=O)c1ccccc1C3=O. The van der Waals surface area contributed by atoms with Gasteiger partial charge in [0.05, 0.1) is 25.2 Å². The number of carbonyl (C=O) groups excluding carboxylic acids is 2. The van der Waals surface area contributed by atoms with Gasteiger partial charge in [0.25, 0.3) is 20.2 Å². The van der Waals surface area contributed by atoms with Gasteiger partial charge in [-0.05, 0) is 22.8 Å². The summed E-state index contributed by atoms with van der Waals surface area (Å²) < 4.78 is 58.3. The number of carboxylic acid groups (broad SMARTS) is 1. The van der Waals surface area contributed by atoms with Crippen LogP contribution in [0.15, 0.2) is 30.3 Å². The smallest absolute Gasteiger partial charge is 0.405 e. The summed E-state index contributed by atoms with van der Waals surface area (Å²) in [4.78, 5) is 38.4. The number of rotatable bonds is 6. The topological polar surface area (TPSA) is 190 Å². The first-order valence-electron chi connectivity index (χ1n) is 9.98. The van der Waals surface area contributed by atoms with Gasteiger partial charge in [-0.15, -0.1) is 0 Å². The maximum Gasteiger partial charge on any atom is 0.405 e. The zero-order valence-corrected chi connectivity index (χ0v) is 19.8. The molecular weight excluding hydrogens is 506 g/mol. The molecule has 0 aliphatic heterocycles. The van der Waals surface area contributed by atoms with E-state index in [2.05, 4.69) is 5.32 Å². The van der Waals surface area contributed by atoms with Gasteiger partial charge in [0, 0.05) is 22.3 Å². The molecular formula is C21H19NO11S2. The van der Waals surface area contributed by atoms with Crippen LogP contribution in [-0.2, 0) is 35.2 Å². The summed E-state index contributed by atoms with van der Waals surface area (Å²) in [7, 11) is -8.61. The highest BCUT2D eigenvalue weighted by molar-refractivity contribution is 7.86.